The molecule has 0 saturated carbocycles. The van der Waals surface area contributed by atoms with Crippen molar-refractivity contribution in [2.75, 3.05) is 5.75 Å². The van der Waals surface area contributed by atoms with Crippen molar-refractivity contribution >= 4 is 21.0 Å². The van der Waals surface area contributed by atoms with Gasteiger partial charge in [-0.2, -0.15) is 0 Å². The van der Waals surface area contributed by atoms with Crippen LogP contribution in [-0.4, -0.2) is 16.2 Å². The van der Waals surface area contributed by atoms with Gasteiger partial charge in [0.25, 0.3) is 5.12 Å². The molecule has 1 atom stereocenters. The second kappa shape index (κ2) is 3.16. The molecule has 0 aromatic heterocycles. The SMILES string of the molecule is CC(=O)[SH+]1=CCCCC1. The summed E-state index contributed by atoms with van der Waals surface area (Å²) in [6, 6.07) is 0. The van der Waals surface area contributed by atoms with Crippen LogP contribution < -0.4 is 0 Å². The fraction of sp³-hybridized carbons (Fsp3) is 0.714. The normalized spacial score (nSPS) is 27.0. The van der Waals surface area contributed by atoms with Gasteiger partial charge in [0.05, 0.1) is 11.1 Å². The first-order valence-electron chi connectivity index (χ1n) is 3.41. The van der Waals surface area contributed by atoms with Crippen LogP contribution in [0.2, 0.25) is 0 Å². The lowest BCUT2D eigenvalue weighted by Crippen LogP contribution is -2.13. The van der Waals surface area contributed by atoms with Gasteiger partial charge in [-0.15, -0.1) is 0 Å². The van der Waals surface area contributed by atoms with Gasteiger partial charge in [0.2, 0.25) is 0 Å². The first kappa shape index (κ1) is 7.00. The van der Waals surface area contributed by atoms with E-state index in [1.807, 2.05) is 0 Å². The number of carbonyl (C=O) groups is 1. The summed E-state index contributed by atoms with van der Waals surface area (Å²) in [4.78, 5) is 10.8. The van der Waals surface area contributed by atoms with Gasteiger partial charge in [0.1, 0.15) is 0 Å². The summed E-state index contributed by atoms with van der Waals surface area (Å²) in [5.74, 6) is 1.16. The van der Waals surface area contributed by atoms with E-state index in [1.165, 1.54) is 19.3 Å². The van der Waals surface area contributed by atoms with Gasteiger partial charge in [-0.05, 0) is 12.8 Å². The van der Waals surface area contributed by atoms with Crippen LogP contribution in [0, 0.1) is 0 Å². The Hall–Kier alpha value is -0.110. The molecule has 1 rings (SSSR count). The molecule has 1 unspecified atom stereocenters. The maximum absolute atomic E-state index is 10.8. The van der Waals surface area contributed by atoms with E-state index in [-0.39, 0.29) is 10.5 Å². The Morgan fingerprint density at radius 2 is 2.33 bits per heavy atom. The fourth-order valence-electron chi connectivity index (χ4n) is 1.05. The van der Waals surface area contributed by atoms with Gasteiger partial charge < -0.3 is 0 Å². The quantitative estimate of drug-likeness (QED) is 0.281. The summed E-state index contributed by atoms with van der Waals surface area (Å²) >= 11 is 0. The number of hydrogen-bond acceptors (Lipinski definition) is 1. The van der Waals surface area contributed by atoms with E-state index in [0.717, 1.165) is 5.75 Å². The standard InChI is InChI=1S/C7H12OS/c1-7(8)9-5-3-2-4-6-9/h5H,2-4,6H2,1H3/p+1. The number of thiol groups is 1. The highest BCUT2D eigenvalue weighted by Crippen LogP contribution is 2.04. The summed E-state index contributed by atoms with van der Waals surface area (Å²) < 4.78 is 0. The number of hydrogen-bond donors (Lipinski definition) is 0. The van der Waals surface area contributed by atoms with E-state index in [0.29, 0.717) is 5.12 Å². The average molecular weight is 145 g/mol. The molecule has 1 aliphatic heterocycles. The molecule has 0 aromatic rings. The first-order chi connectivity index (χ1) is 4.30. The topological polar surface area (TPSA) is 17.1 Å². The second-order valence-electron chi connectivity index (χ2n) is 2.39. The van der Waals surface area contributed by atoms with E-state index >= 15 is 0 Å². The molecule has 1 heterocycles. The van der Waals surface area contributed by atoms with Crippen molar-refractivity contribution in [2.45, 2.75) is 26.2 Å². The van der Waals surface area contributed by atoms with Gasteiger partial charge in [0.15, 0.2) is 0 Å². The molecule has 0 aliphatic carbocycles. The van der Waals surface area contributed by atoms with Crippen molar-refractivity contribution in [3.63, 3.8) is 0 Å². The first-order valence-corrected chi connectivity index (χ1v) is 5.01. The Morgan fingerprint density at radius 3 is 2.67 bits per heavy atom. The van der Waals surface area contributed by atoms with E-state index in [1.54, 1.807) is 6.92 Å². The van der Waals surface area contributed by atoms with E-state index in [4.69, 9.17) is 0 Å². The Labute approximate surface area is 58.4 Å². The lowest BCUT2D eigenvalue weighted by atomic mass is 10.3. The molecular weight excluding hydrogens is 132 g/mol. The Bertz CT molecular complexity index is 149. The number of rotatable bonds is 0. The van der Waals surface area contributed by atoms with Crippen LogP contribution in [0.4, 0.5) is 0 Å². The average Bonchev–Trinajstić information content (AvgIpc) is 1.90. The van der Waals surface area contributed by atoms with Crippen LogP contribution in [0.15, 0.2) is 0 Å². The lowest BCUT2D eigenvalue weighted by molar-refractivity contribution is -0.109. The third kappa shape index (κ3) is 1.94. The van der Waals surface area contributed by atoms with Crippen molar-refractivity contribution in [3.8, 4) is 0 Å². The van der Waals surface area contributed by atoms with Gasteiger partial charge in [0, 0.05) is 13.3 Å². The maximum atomic E-state index is 10.8. The molecule has 0 bridgehead atoms. The minimum Gasteiger partial charge on any atom is -0.242 e. The zero-order valence-electron chi connectivity index (χ0n) is 5.76. The van der Waals surface area contributed by atoms with Gasteiger partial charge in [-0.3, -0.25) is 0 Å². The minimum atomic E-state index is -0.295. The van der Waals surface area contributed by atoms with Crippen LogP contribution in [0.5, 0.6) is 0 Å². The van der Waals surface area contributed by atoms with Crippen molar-refractivity contribution in [1.29, 1.82) is 0 Å². The molecule has 9 heavy (non-hydrogen) atoms. The zero-order chi connectivity index (χ0) is 6.69. The van der Waals surface area contributed by atoms with Gasteiger partial charge in [-0.25, -0.2) is 4.79 Å². The highest BCUT2D eigenvalue weighted by molar-refractivity contribution is 8.09. The maximum Gasteiger partial charge on any atom is 0.290 e. The summed E-state index contributed by atoms with van der Waals surface area (Å²) in [5.41, 5.74) is 0. The molecule has 0 aromatic carbocycles. The van der Waals surface area contributed by atoms with Crippen molar-refractivity contribution in [1.82, 2.24) is 0 Å². The zero-order valence-corrected chi connectivity index (χ0v) is 6.66. The highest BCUT2D eigenvalue weighted by atomic mass is 32.2. The third-order valence-corrected chi connectivity index (χ3v) is 3.91. The Morgan fingerprint density at radius 1 is 1.56 bits per heavy atom. The molecule has 1 nitrogen and oxygen atoms in total. The van der Waals surface area contributed by atoms with Crippen LogP contribution in [0.1, 0.15) is 26.2 Å². The van der Waals surface area contributed by atoms with E-state index < -0.39 is 0 Å². The largest absolute Gasteiger partial charge is 0.290 e. The second-order valence-corrected chi connectivity index (χ2v) is 4.77. The lowest BCUT2D eigenvalue weighted by Gasteiger charge is -2.03. The van der Waals surface area contributed by atoms with Crippen LogP contribution in [0.3, 0.4) is 0 Å². The molecule has 0 N–H and O–H groups in total. The number of carbonyl (C=O) groups excluding carboxylic acids is 1. The van der Waals surface area contributed by atoms with Gasteiger partial charge in [-0.1, -0.05) is 10.5 Å². The van der Waals surface area contributed by atoms with Crippen molar-refractivity contribution in [3.05, 3.63) is 0 Å². The minimum absolute atomic E-state index is 0.295. The predicted octanol–water partition coefficient (Wildman–Crippen LogP) is 0.870. The Kier molecular flexibility index (Phi) is 2.46. The van der Waals surface area contributed by atoms with Crippen LogP contribution in [-0.2, 0) is 15.3 Å². The summed E-state index contributed by atoms with van der Waals surface area (Å²) in [6.07, 6.45) is 3.74. The molecule has 2 heteroatoms. The Balaban J connectivity index is 2.57. The molecule has 1 aliphatic rings. The monoisotopic (exact) mass is 145 g/mol. The molecule has 0 radical (unpaired) electrons. The van der Waals surface area contributed by atoms with Crippen molar-refractivity contribution in [2.24, 2.45) is 0 Å². The molecule has 0 saturated heterocycles. The van der Waals surface area contributed by atoms with Crippen LogP contribution >= 0.6 is 0 Å². The van der Waals surface area contributed by atoms with E-state index in [2.05, 4.69) is 5.37 Å². The molecule has 0 amide bonds. The van der Waals surface area contributed by atoms with Crippen LogP contribution in [0.25, 0.3) is 0 Å². The smallest absolute Gasteiger partial charge is 0.242 e. The molecule has 0 spiro atoms. The van der Waals surface area contributed by atoms with Gasteiger partial charge >= 0.3 is 0 Å². The predicted molar refractivity (Wildman–Crippen MR) is 44.2 cm³/mol. The van der Waals surface area contributed by atoms with Crippen molar-refractivity contribution < 1.29 is 4.79 Å². The summed E-state index contributed by atoms with van der Waals surface area (Å²) in [5, 5.41) is 2.63. The molecule has 52 valence electrons. The summed E-state index contributed by atoms with van der Waals surface area (Å²) in [6.45, 7) is 1.72. The fourth-order valence-corrected chi connectivity index (χ4v) is 2.86. The third-order valence-electron chi connectivity index (χ3n) is 1.61. The molecular formula is C7H13OS+. The van der Waals surface area contributed by atoms with E-state index in [9.17, 15) is 4.79 Å². The highest BCUT2D eigenvalue weighted by Gasteiger charge is 2.10. The summed E-state index contributed by atoms with van der Waals surface area (Å²) in [7, 11) is -0.295. The molecule has 0 fully saturated rings.